The number of amides is 1. The number of nitrogens with one attached hydrogen (secondary N) is 1. The average molecular weight is 272 g/mol. The molecule has 5 heteroatoms. The summed E-state index contributed by atoms with van der Waals surface area (Å²) in [5, 5.41) is 3.43. The predicted octanol–water partition coefficient (Wildman–Crippen LogP) is 1.03. The van der Waals surface area contributed by atoms with Gasteiger partial charge in [0.15, 0.2) is 0 Å². The minimum Gasteiger partial charge on any atom is -0.383 e. The monoisotopic (exact) mass is 272 g/mol. The van der Waals surface area contributed by atoms with Crippen LogP contribution in [0.2, 0.25) is 0 Å². The first-order chi connectivity index (χ1) is 9.20. The molecule has 1 saturated heterocycles. The second-order valence-electron chi connectivity index (χ2n) is 5.14. The Hall–Kier alpha value is -0.650. The third-order valence-corrected chi connectivity index (χ3v) is 3.75. The van der Waals surface area contributed by atoms with E-state index in [9.17, 15) is 4.79 Å². The molecule has 0 aromatic heterocycles. The van der Waals surface area contributed by atoms with Crippen molar-refractivity contribution in [2.45, 2.75) is 38.1 Å². The van der Waals surface area contributed by atoms with Crippen LogP contribution in [0.15, 0.2) is 0 Å². The molecule has 1 aliphatic heterocycles. The summed E-state index contributed by atoms with van der Waals surface area (Å²) in [5.41, 5.74) is -0.351. The van der Waals surface area contributed by atoms with Crippen molar-refractivity contribution in [3.63, 3.8) is 0 Å². The number of methoxy groups -OCH3 is 2. The summed E-state index contributed by atoms with van der Waals surface area (Å²) >= 11 is 0. The molecule has 1 N–H and O–H groups in total. The van der Waals surface area contributed by atoms with Gasteiger partial charge < -0.3 is 19.7 Å². The van der Waals surface area contributed by atoms with E-state index >= 15 is 0 Å². The normalized spacial score (nSPS) is 22.7. The molecule has 1 atom stereocenters. The lowest BCUT2D eigenvalue weighted by atomic mass is 9.90. The maximum absolute atomic E-state index is 12.8. The number of ether oxygens (including phenoxy) is 2. The van der Waals surface area contributed by atoms with Gasteiger partial charge in [0.25, 0.3) is 0 Å². The van der Waals surface area contributed by atoms with Crippen LogP contribution in [0.5, 0.6) is 0 Å². The Morgan fingerprint density at radius 3 is 2.32 bits per heavy atom. The number of hydrogen-bond acceptors (Lipinski definition) is 4. The van der Waals surface area contributed by atoms with Crippen molar-refractivity contribution in [3.05, 3.63) is 0 Å². The molecule has 19 heavy (non-hydrogen) atoms. The summed E-state index contributed by atoms with van der Waals surface area (Å²) in [4.78, 5) is 14.7. The highest BCUT2D eigenvalue weighted by atomic mass is 16.5. The zero-order chi connectivity index (χ0) is 14.1. The summed E-state index contributed by atoms with van der Waals surface area (Å²) in [7, 11) is 3.32. The Labute approximate surface area is 116 Å². The Balaban J connectivity index is 2.70. The third-order valence-electron chi connectivity index (χ3n) is 3.75. The molecular formula is C14H28N2O3. The summed E-state index contributed by atoms with van der Waals surface area (Å²) in [5.74, 6) is 0.209. The van der Waals surface area contributed by atoms with Crippen LogP contribution < -0.4 is 5.32 Å². The van der Waals surface area contributed by atoms with Crippen LogP contribution in [0.4, 0.5) is 0 Å². The molecule has 1 rings (SSSR count). The van der Waals surface area contributed by atoms with Crippen LogP contribution in [-0.4, -0.2) is 63.4 Å². The first-order valence-corrected chi connectivity index (χ1v) is 7.22. The van der Waals surface area contributed by atoms with Gasteiger partial charge in [-0.1, -0.05) is 13.3 Å². The Morgan fingerprint density at radius 2 is 1.89 bits per heavy atom. The Bertz CT molecular complexity index is 257. The predicted molar refractivity (Wildman–Crippen MR) is 75.2 cm³/mol. The molecule has 1 unspecified atom stereocenters. The summed E-state index contributed by atoms with van der Waals surface area (Å²) in [6, 6.07) is 0. The third kappa shape index (κ3) is 4.44. The van der Waals surface area contributed by atoms with Crippen LogP contribution in [0, 0.1) is 0 Å². The highest BCUT2D eigenvalue weighted by Gasteiger charge is 2.42. The zero-order valence-corrected chi connectivity index (χ0v) is 12.5. The van der Waals surface area contributed by atoms with Gasteiger partial charge in [-0.2, -0.15) is 0 Å². The van der Waals surface area contributed by atoms with Gasteiger partial charge >= 0.3 is 0 Å². The summed E-state index contributed by atoms with van der Waals surface area (Å²) < 4.78 is 10.2. The Kier molecular flexibility index (Phi) is 7.34. The fourth-order valence-electron chi connectivity index (χ4n) is 2.76. The fourth-order valence-corrected chi connectivity index (χ4v) is 2.76. The molecule has 0 bridgehead atoms. The van der Waals surface area contributed by atoms with E-state index in [1.165, 1.54) is 0 Å². The number of hydrogen-bond donors (Lipinski definition) is 1. The summed E-state index contributed by atoms with van der Waals surface area (Å²) in [6.45, 7) is 5.46. The molecule has 1 heterocycles. The lowest BCUT2D eigenvalue weighted by Gasteiger charge is -2.34. The highest BCUT2D eigenvalue weighted by molar-refractivity contribution is 5.86. The van der Waals surface area contributed by atoms with Crippen molar-refractivity contribution in [2.75, 3.05) is 47.1 Å². The minimum atomic E-state index is -0.351. The van der Waals surface area contributed by atoms with Crippen molar-refractivity contribution in [2.24, 2.45) is 0 Å². The van der Waals surface area contributed by atoms with E-state index in [4.69, 9.17) is 9.47 Å². The number of carbonyl (C=O) groups excluding carboxylic acids is 1. The molecule has 1 amide bonds. The summed E-state index contributed by atoms with van der Waals surface area (Å²) in [6.07, 6.45) is 3.94. The Morgan fingerprint density at radius 1 is 1.26 bits per heavy atom. The van der Waals surface area contributed by atoms with Crippen molar-refractivity contribution >= 4 is 5.91 Å². The van der Waals surface area contributed by atoms with E-state index in [2.05, 4.69) is 12.2 Å². The maximum Gasteiger partial charge on any atom is 0.243 e. The molecule has 112 valence electrons. The van der Waals surface area contributed by atoms with E-state index in [0.29, 0.717) is 26.3 Å². The topological polar surface area (TPSA) is 50.8 Å². The molecule has 5 nitrogen and oxygen atoms in total. The quantitative estimate of drug-likeness (QED) is 0.681. The van der Waals surface area contributed by atoms with Gasteiger partial charge in [0, 0.05) is 27.3 Å². The van der Waals surface area contributed by atoms with Crippen LogP contribution in [0.1, 0.15) is 32.6 Å². The molecular weight excluding hydrogens is 244 g/mol. The lowest BCUT2D eigenvalue weighted by molar-refractivity contribution is -0.139. The molecule has 0 aliphatic carbocycles. The van der Waals surface area contributed by atoms with E-state index in [0.717, 1.165) is 32.2 Å². The van der Waals surface area contributed by atoms with Gasteiger partial charge in [-0.15, -0.1) is 0 Å². The van der Waals surface area contributed by atoms with E-state index in [-0.39, 0.29) is 11.4 Å². The number of carbonyl (C=O) groups is 1. The number of nitrogens with zero attached hydrogens (tertiary/aromatic N) is 1. The van der Waals surface area contributed by atoms with Crippen molar-refractivity contribution in [1.82, 2.24) is 10.2 Å². The molecule has 0 saturated carbocycles. The van der Waals surface area contributed by atoms with Gasteiger partial charge in [0.2, 0.25) is 5.91 Å². The van der Waals surface area contributed by atoms with Gasteiger partial charge in [-0.3, -0.25) is 4.79 Å². The van der Waals surface area contributed by atoms with Crippen molar-refractivity contribution < 1.29 is 14.3 Å². The number of rotatable bonds is 9. The van der Waals surface area contributed by atoms with Crippen LogP contribution in [-0.2, 0) is 14.3 Å². The van der Waals surface area contributed by atoms with Crippen LogP contribution in [0.25, 0.3) is 0 Å². The zero-order valence-electron chi connectivity index (χ0n) is 12.5. The molecule has 0 radical (unpaired) electrons. The van der Waals surface area contributed by atoms with E-state index in [1.807, 2.05) is 4.90 Å². The van der Waals surface area contributed by atoms with Crippen LogP contribution in [0.3, 0.4) is 0 Å². The minimum absolute atomic E-state index is 0.209. The highest BCUT2D eigenvalue weighted by Crippen LogP contribution is 2.27. The van der Waals surface area contributed by atoms with Gasteiger partial charge in [0.1, 0.15) is 0 Å². The average Bonchev–Trinajstić information content (AvgIpc) is 2.88. The molecule has 1 fully saturated rings. The maximum atomic E-state index is 12.8. The molecule has 0 aromatic carbocycles. The second kappa shape index (κ2) is 8.51. The lowest BCUT2D eigenvalue weighted by Crippen LogP contribution is -2.56. The second-order valence-corrected chi connectivity index (χ2v) is 5.14. The molecule has 0 spiro atoms. The molecule has 1 aliphatic rings. The standard InChI is InChI=1S/C14H28N2O3/c1-4-6-14(7-5-8-15-14)13(17)16(9-11-18-2)10-12-19-3/h15H,4-12H2,1-3H3. The van der Waals surface area contributed by atoms with Crippen LogP contribution >= 0.6 is 0 Å². The van der Waals surface area contributed by atoms with Gasteiger partial charge in [-0.05, 0) is 25.8 Å². The van der Waals surface area contributed by atoms with E-state index < -0.39 is 0 Å². The van der Waals surface area contributed by atoms with Crippen molar-refractivity contribution in [3.8, 4) is 0 Å². The van der Waals surface area contributed by atoms with Gasteiger partial charge in [0.05, 0.1) is 18.8 Å². The first-order valence-electron chi connectivity index (χ1n) is 7.22. The molecule has 0 aromatic rings. The van der Waals surface area contributed by atoms with E-state index in [1.54, 1.807) is 14.2 Å². The SMILES string of the molecule is CCCC1(C(=O)N(CCOC)CCOC)CCCN1. The van der Waals surface area contributed by atoms with Crippen molar-refractivity contribution in [1.29, 1.82) is 0 Å². The van der Waals surface area contributed by atoms with Gasteiger partial charge in [-0.25, -0.2) is 0 Å². The first kappa shape index (κ1) is 16.4. The smallest absolute Gasteiger partial charge is 0.243 e. The largest absolute Gasteiger partial charge is 0.383 e. The fraction of sp³-hybridized carbons (Fsp3) is 0.929.